The molecule has 0 amide bonds. The van der Waals surface area contributed by atoms with E-state index in [4.69, 9.17) is 12.2 Å². The molecule has 0 aromatic heterocycles. The van der Waals surface area contributed by atoms with Crippen LogP contribution in [0, 0.1) is 19.7 Å². The average molecular weight is 395 g/mol. The number of halogens is 1. The van der Waals surface area contributed by atoms with Gasteiger partial charge in [0.15, 0.2) is 0 Å². The van der Waals surface area contributed by atoms with Gasteiger partial charge in [0, 0.05) is 13.0 Å². The molecule has 7 heteroatoms. The average Bonchev–Trinajstić information content (AvgIpc) is 2.55. The van der Waals surface area contributed by atoms with E-state index in [0.29, 0.717) is 23.5 Å². The van der Waals surface area contributed by atoms with Gasteiger partial charge in [-0.05, 0) is 54.7 Å². The van der Waals surface area contributed by atoms with Crippen LogP contribution in [0.1, 0.15) is 28.7 Å². The third kappa shape index (κ3) is 6.38. The summed E-state index contributed by atoms with van der Waals surface area (Å²) in [5, 5.41) is 3.12. The Balaban J connectivity index is 1.87. The van der Waals surface area contributed by atoms with Crippen molar-refractivity contribution in [2.75, 3.05) is 11.0 Å². The Morgan fingerprint density at radius 1 is 1.08 bits per heavy atom. The Bertz CT molecular complexity index is 912. The number of aryl methyl sites for hydroxylation is 3. The fourth-order valence-electron chi connectivity index (χ4n) is 2.46. The van der Waals surface area contributed by atoms with E-state index in [1.54, 1.807) is 6.07 Å². The van der Waals surface area contributed by atoms with Crippen molar-refractivity contribution in [2.45, 2.75) is 33.2 Å². The van der Waals surface area contributed by atoms with Gasteiger partial charge in [-0.25, -0.2) is 12.8 Å². The lowest BCUT2D eigenvalue weighted by Gasteiger charge is -2.11. The summed E-state index contributed by atoms with van der Waals surface area (Å²) in [6.07, 6.45) is 2.54. The van der Waals surface area contributed by atoms with Gasteiger partial charge in [0.25, 0.3) is 0 Å². The van der Waals surface area contributed by atoms with Crippen molar-refractivity contribution in [3.05, 3.63) is 64.5 Å². The molecule has 0 unspecified atom stereocenters. The van der Waals surface area contributed by atoms with Crippen molar-refractivity contribution < 1.29 is 12.8 Å². The summed E-state index contributed by atoms with van der Waals surface area (Å²) in [4.78, 5) is 0.710. The predicted molar refractivity (Wildman–Crippen MR) is 109 cm³/mol. The summed E-state index contributed by atoms with van der Waals surface area (Å²) < 4.78 is 38.4. The molecule has 0 fully saturated rings. The molecule has 0 saturated carbocycles. The molecule has 2 rings (SSSR count). The maximum atomic E-state index is 14.0. The molecule has 0 aliphatic carbocycles. The van der Waals surface area contributed by atoms with Crippen molar-refractivity contribution in [3.63, 3.8) is 0 Å². The number of anilines is 1. The summed E-state index contributed by atoms with van der Waals surface area (Å²) in [6, 6.07) is 10.7. The van der Waals surface area contributed by atoms with Crippen LogP contribution in [-0.2, 0) is 23.0 Å². The number of hydrogen-bond acceptors (Lipinski definition) is 3. The molecule has 0 atom stereocenters. The molecular weight excluding hydrogens is 371 g/mol. The maximum Gasteiger partial charge on any atom is 0.229 e. The minimum Gasteiger partial charge on any atom is -0.376 e. The molecule has 0 bridgehead atoms. The number of sulfonamides is 1. The van der Waals surface area contributed by atoms with E-state index < -0.39 is 15.8 Å². The second kappa shape index (κ2) is 8.60. The molecule has 0 saturated heterocycles. The fraction of sp³-hybridized carbons (Fsp3) is 0.316. The van der Waals surface area contributed by atoms with E-state index in [-0.39, 0.29) is 5.69 Å². The molecule has 2 aromatic carbocycles. The third-order valence-corrected chi connectivity index (χ3v) is 4.97. The predicted octanol–water partition coefficient (Wildman–Crippen LogP) is 3.86. The Kier molecular flexibility index (Phi) is 6.72. The van der Waals surface area contributed by atoms with Gasteiger partial charge in [0.05, 0.1) is 16.9 Å². The molecule has 26 heavy (non-hydrogen) atoms. The number of thiocarbonyl (C=S) groups is 1. The number of rotatable bonds is 7. The van der Waals surface area contributed by atoms with Crippen molar-refractivity contribution in [1.29, 1.82) is 0 Å². The van der Waals surface area contributed by atoms with E-state index >= 15 is 0 Å². The second-order valence-corrected chi connectivity index (χ2v) is 8.63. The SMILES string of the molecule is Cc1ccc(CCC(=S)NCc2ccc(NS(C)(=O)=O)c(F)c2)cc1C. The van der Waals surface area contributed by atoms with Crippen LogP contribution in [0.2, 0.25) is 0 Å². The van der Waals surface area contributed by atoms with Gasteiger partial charge in [-0.3, -0.25) is 4.72 Å². The summed E-state index contributed by atoms with van der Waals surface area (Å²) in [5.41, 5.74) is 4.40. The number of nitrogens with one attached hydrogen (secondary N) is 2. The summed E-state index contributed by atoms with van der Waals surface area (Å²) in [5.74, 6) is -0.615. The zero-order valence-corrected chi connectivity index (χ0v) is 16.7. The Morgan fingerprint density at radius 3 is 2.38 bits per heavy atom. The first-order valence-electron chi connectivity index (χ1n) is 8.23. The maximum absolute atomic E-state index is 14.0. The summed E-state index contributed by atoms with van der Waals surface area (Å²) in [7, 11) is -3.50. The van der Waals surface area contributed by atoms with Gasteiger partial charge in [0.1, 0.15) is 5.82 Å². The van der Waals surface area contributed by atoms with Crippen LogP contribution in [0.15, 0.2) is 36.4 Å². The van der Waals surface area contributed by atoms with E-state index in [0.717, 1.165) is 12.7 Å². The molecule has 2 aromatic rings. The van der Waals surface area contributed by atoms with E-state index in [9.17, 15) is 12.8 Å². The zero-order valence-electron chi connectivity index (χ0n) is 15.1. The highest BCUT2D eigenvalue weighted by atomic mass is 32.2. The first-order valence-corrected chi connectivity index (χ1v) is 10.5. The first kappa shape index (κ1) is 20.3. The van der Waals surface area contributed by atoms with Crippen LogP contribution < -0.4 is 10.0 Å². The van der Waals surface area contributed by atoms with Crippen LogP contribution in [-0.4, -0.2) is 19.7 Å². The quantitative estimate of drug-likeness (QED) is 0.700. The molecule has 0 radical (unpaired) electrons. The van der Waals surface area contributed by atoms with Gasteiger partial charge < -0.3 is 5.32 Å². The fourth-order valence-corrected chi connectivity index (χ4v) is 3.20. The van der Waals surface area contributed by atoms with E-state index in [1.807, 2.05) is 0 Å². The lowest BCUT2D eigenvalue weighted by molar-refractivity contribution is 0.603. The lowest BCUT2D eigenvalue weighted by Crippen LogP contribution is -2.21. The Morgan fingerprint density at radius 2 is 1.77 bits per heavy atom. The standard InChI is InChI=1S/C19H23FN2O2S2/c1-13-4-5-15(10-14(13)2)7-9-19(25)21-12-16-6-8-18(17(20)11-16)22-26(3,23)24/h4-6,8,10-11,22H,7,9,12H2,1-3H3,(H,21,25). The smallest absolute Gasteiger partial charge is 0.229 e. The largest absolute Gasteiger partial charge is 0.376 e. The minimum absolute atomic E-state index is 0.0615. The van der Waals surface area contributed by atoms with Crippen molar-refractivity contribution in [3.8, 4) is 0 Å². The van der Waals surface area contributed by atoms with Gasteiger partial charge >= 0.3 is 0 Å². The monoisotopic (exact) mass is 394 g/mol. The lowest BCUT2D eigenvalue weighted by atomic mass is 10.0. The number of benzene rings is 2. The normalized spacial score (nSPS) is 11.2. The van der Waals surface area contributed by atoms with Crippen LogP contribution in [0.4, 0.5) is 10.1 Å². The molecule has 0 spiro atoms. The first-order chi connectivity index (χ1) is 12.1. The topological polar surface area (TPSA) is 58.2 Å². The summed E-state index contributed by atoms with van der Waals surface area (Å²) >= 11 is 5.34. The molecule has 2 N–H and O–H groups in total. The third-order valence-electron chi connectivity index (χ3n) is 4.03. The molecule has 0 aliphatic heterocycles. The van der Waals surface area contributed by atoms with E-state index in [2.05, 4.69) is 42.1 Å². The van der Waals surface area contributed by atoms with Crippen molar-refractivity contribution in [1.82, 2.24) is 5.32 Å². The molecule has 0 aliphatic rings. The van der Waals surface area contributed by atoms with Crippen molar-refractivity contribution >= 4 is 32.9 Å². The van der Waals surface area contributed by atoms with Crippen LogP contribution in [0.5, 0.6) is 0 Å². The molecule has 140 valence electrons. The minimum atomic E-state index is -3.50. The Hall–Kier alpha value is -1.99. The summed E-state index contributed by atoms with van der Waals surface area (Å²) in [6.45, 7) is 4.56. The highest BCUT2D eigenvalue weighted by Crippen LogP contribution is 2.17. The molecule has 4 nitrogen and oxygen atoms in total. The van der Waals surface area contributed by atoms with Gasteiger partial charge in [0.2, 0.25) is 10.0 Å². The highest BCUT2D eigenvalue weighted by molar-refractivity contribution is 7.92. The molecular formula is C19H23FN2O2S2. The van der Waals surface area contributed by atoms with Gasteiger partial charge in [-0.1, -0.05) is 36.5 Å². The highest BCUT2D eigenvalue weighted by Gasteiger charge is 2.08. The number of hydrogen-bond donors (Lipinski definition) is 2. The van der Waals surface area contributed by atoms with Crippen molar-refractivity contribution in [2.24, 2.45) is 0 Å². The van der Waals surface area contributed by atoms with Gasteiger partial charge in [-0.2, -0.15) is 0 Å². The van der Waals surface area contributed by atoms with Crippen LogP contribution >= 0.6 is 12.2 Å². The van der Waals surface area contributed by atoms with E-state index in [1.165, 1.54) is 28.8 Å². The van der Waals surface area contributed by atoms with Gasteiger partial charge in [-0.15, -0.1) is 0 Å². The van der Waals surface area contributed by atoms with Crippen LogP contribution in [0.3, 0.4) is 0 Å². The Labute approximate surface area is 159 Å². The second-order valence-electron chi connectivity index (χ2n) is 6.38. The molecule has 0 heterocycles. The van der Waals surface area contributed by atoms with Crippen LogP contribution in [0.25, 0.3) is 0 Å². The zero-order chi connectivity index (χ0) is 19.3.